The van der Waals surface area contributed by atoms with E-state index >= 15 is 0 Å². The molecule has 2 aromatic rings. The van der Waals surface area contributed by atoms with E-state index in [4.69, 9.17) is 0 Å². The molecule has 0 unspecified atom stereocenters. The van der Waals surface area contributed by atoms with Crippen molar-refractivity contribution in [3.63, 3.8) is 0 Å². The minimum atomic E-state index is -0.00861. The van der Waals surface area contributed by atoms with Crippen molar-refractivity contribution in [3.8, 4) is 0 Å². The van der Waals surface area contributed by atoms with Gasteiger partial charge in [0, 0.05) is 36.3 Å². The van der Waals surface area contributed by atoms with Crippen LogP contribution in [-0.4, -0.2) is 34.1 Å². The molecule has 0 aliphatic rings. The van der Waals surface area contributed by atoms with Gasteiger partial charge in [0.15, 0.2) is 0 Å². The van der Waals surface area contributed by atoms with Crippen molar-refractivity contribution in [1.29, 1.82) is 0 Å². The first-order chi connectivity index (χ1) is 8.67. The molecule has 0 saturated heterocycles. The number of amides is 1. The smallest absolute Gasteiger partial charge is 0.242 e. The number of carbonyl (C=O) groups is 1. The van der Waals surface area contributed by atoms with Crippen molar-refractivity contribution >= 4 is 16.8 Å². The number of nitrogens with zero attached hydrogens (tertiary/aromatic N) is 2. The molecule has 0 aliphatic carbocycles. The summed E-state index contributed by atoms with van der Waals surface area (Å²) in [5.41, 5.74) is 1.84. The van der Waals surface area contributed by atoms with Crippen LogP contribution in [0.1, 0.15) is 12.5 Å². The van der Waals surface area contributed by atoms with Gasteiger partial charge >= 0.3 is 0 Å². The predicted molar refractivity (Wildman–Crippen MR) is 71.2 cm³/mol. The average molecular weight is 246 g/mol. The summed E-state index contributed by atoms with van der Waals surface area (Å²) in [4.78, 5) is 13.6. The van der Waals surface area contributed by atoms with Crippen LogP contribution >= 0.6 is 0 Å². The summed E-state index contributed by atoms with van der Waals surface area (Å²) >= 11 is 0. The summed E-state index contributed by atoms with van der Waals surface area (Å²) in [5, 5.41) is 10.3. The summed E-state index contributed by atoms with van der Waals surface area (Å²) in [6, 6.07) is 7.80. The third-order valence-corrected chi connectivity index (χ3v) is 3.25. The van der Waals surface area contributed by atoms with Crippen LogP contribution in [0.3, 0.4) is 0 Å². The van der Waals surface area contributed by atoms with E-state index in [9.17, 15) is 9.90 Å². The monoisotopic (exact) mass is 246 g/mol. The van der Waals surface area contributed by atoms with Gasteiger partial charge in [-0.15, -0.1) is 0 Å². The molecule has 0 radical (unpaired) electrons. The number of carbonyl (C=O) groups excluding carboxylic acids is 1. The maximum Gasteiger partial charge on any atom is 0.242 e. The van der Waals surface area contributed by atoms with Crippen molar-refractivity contribution in [3.05, 3.63) is 36.0 Å². The Bertz CT molecular complexity index is 560. The van der Waals surface area contributed by atoms with Gasteiger partial charge in [-0.1, -0.05) is 18.2 Å². The molecular formula is C14H18N2O2. The highest BCUT2D eigenvalue weighted by molar-refractivity contribution is 5.86. The lowest BCUT2D eigenvalue weighted by molar-refractivity contribution is -0.130. The number of likely N-dealkylation sites (N-methyl/N-ethyl adjacent to an activating group) is 1. The van der Waals surface area contributed by atoms with E-state index in [1.165, 1.54) is 0 Å². The van der Waals surface area contributed by atoms with Crippen LogP contribution in [0.2, 0.25) is 0 Å². The first kappa shape index (κ1) is 12.6. The van der Waals surface area contributed by atoms with E-state index < -0.39 is 0 Å². The van der Waals surface area contributed by atoms with E-state index in [0.717, 1.165) is 16.5 Å². The molecule has 0 atom stereocenters. The molecule has 18 heavy (non-hydrogen) atoms. The molecule has 1 heterocycles. The average Bonchev–Trinajstić information content (AvgIpc) is 2.76. The Balaban J connectivity index is 2.36. The lowest BCUT2D eigenvalue weighted by Gasteiger charge is -2.15. The molecule has 0 aliphatic heterocycles. The largest absolute Gasteiger partial charge is 0.392 e. The maximum absolute atomic E-state index is 11.9. The van der Waals surface area contributed by atoms with Crippen LogP contribution < -0.4 is 0 Å². The zero-order chi connectivity index (χ0) is 13.1. The molecule has 4 nitrogen and oxygen atoms in total. The molecule has 0 spiro atoms. The lowest BCUT2D eigenvalue weighted by atomic mass is 10.2. The number of hydrogen-bond donors (Lipinski definition) is 1. The number of fused-ring (bicyclic) bond motifs is 1. The second-order valence-electron chi connectivity index (χ2n) is 4.37. The van der Waals surface area contributed by atoms with E-state index in [0.29, 0.717) is 13.1 Å². The molecule has 1 N–H and O–H groups in total. The van der Waals surface area contributed by atoms with Gasteiger partial charge in [0.05, 0.1) is 6.61 Å². The SMILES string of the molecule is CCN(C)C(=O)Cn1cc(CO)c2ccccc21. The minimum absolute atomic E-state index is 0.00861. The van der Waals surface area contributed by atoms with Gasteiger partial charge in [0.25, 0.3) is 0 Å². The Labute approximate surface area is 106 Å². The summed E-state index contributed by atoms with van der Waals surface area (Å²) in [5.74, 6) is 0.0720. The Morgan fingerprint density at radius 3 is 2.78 bits per heavy atom. The normalized spacial score (nSPS) is 10.8. The van der Waals surface area contributed by atoms with Gasteiger partial charge < -0.3 is 14.6 Å². The highest BCUT2D eigenvalue weighted by Gasteiger charge is 2.12. The van der Waals surface area contributed by atoms with Crippen molar-refractivity contribution in [2.24, 2.45) is 0 Å². The van der Waals surface area contributed by atoms with Gasteiger partial charge in [0.1, 0.15) is 6.54 Å². The molecule has 0 bridgehead atoms. The first-order valence-electron chi connectivity index (χ1n) is 6.09. The molecule has 96 valence electrons. The zero-order valence-electron chi connectivity index (χ0n) is 10.8. The number of aliphatic hydroxyl groups is 1. The third kappa shape index (κ3) is 2.24. The summed E-state index contributed by atoms with van der Waals surface area (Å²) < 4.78 is 1.90. The fourth-order valence-corrected chi connectivity index (χ4v) is 2.02. The molecule has 0 fully saturated rings. The Morgan fingerprint density at radius 2 is 2.11 bits per heavy atom. The molecule has 1 amide bonds. The standard InChI is InChI=1S/C14H18N2O2/c1-3-15(2)14(18)9-16-8-11(10-17)12-6-4-5-7-13(12)16/h4-8,17H,3,9-10H2,1-2H3. The number of aliphatic hydroxyl groups excluding tert-OH is 1. The zero-order valence-corrected chi connectivity index (χ0v) is 10.8. The maximum atomic E-state index is 11.9. The van der Waals surface area contributed by atoms with Gasteiger partial charge in [-0.05, 0) is 13.0 Å². The molecule has 1 aromatic heterocycles. The van der Waals surface area contributed by atoms with Gasteiger partial charge in [-0.2, -0.15) is 0 Å². The summed E-state index contributed by atoms with van der Waals surface area (Å²) in [6.45, 7) is 2.95. The van der Waals surface area contributed by atoms with Crippen LogP contribution in [-0.2, 0) is 17.9 Å². The second-order valence-corrected chi connectivity index (χ2v) is 4.37. The Hall–Kier alpha value is -1.81. The van der Waals surface area contributed by atoms with Crippen molar-refractivity contribution in [2.75, 3.05) is 13.6 Å². The number of rotatable bonds is 4. The van der Waals surface area contributed by atoms with Crippen molar-refractivity contribution < 1.29 is 9.90 Å². The van der Waals surface area contributed by atoms with Gasteiger partial charge in [0.2, 0.25) is 5.91 Å². The fraction of sp³-hybridized carbons (Fsp3) is 0.357. The molecule has 1 aromatic carbocycles. The topological polar surface area (TPSA) is 45.5 Å². The van der Waals surface area contributed by atoms with Crippen molar-refractivity contribution in [1.82, 2.24) is 9.47 Å². The minimum Gasteiger partial charge on any atom is -0.392 e. The number of para-hydroxylation sites is 1. The quantitative estimate of drug-likeness (QED) is 0.891. The van der Waals surface area contributed by atoms with Crippen LogP contribution in [0.4, 0.5) is 0 Å². The first-order valence-corrected chi connectivity index (χ1v) is 6.09. The predicted octanol–water partition coefficient (Wildman–Crippen LogP) is 1.61. The van der Waals surface area contributed by atoms with E-state index in [-0.39, 0.29) is 12.5 Å². The second kappa shape index (κ2) is 5.23. The van der Waals surface area contributed by atoms with Crippen LogP contribution in [0.15, 0.2) is 30.5 Å². The van der Waals surface area contributed by atoms with Crippen molar-refractivity contribution in [2.45, 2.75) is 20.1 Å². The number of benzene rings is 1. The fourth-order valence-electron chi connectivity index (χ4n) is 2.02. The number of aromatic nitrogens is 1. The van der Waals surface area contributed by atoms with Crippen LogP contribution in [0, 0.1) is 0 Å². The van der Waals surface area contributed by atoms with Crippen LogP contribution in [0.25, 0.3) is 10.9 Å². The van der Waals surface area contributed by atoms with Gasteiger partial charge in [-0.25, -0.2) is 0 Å². The highest BCUT2D eigenvalue weighted by Crippen LogP contribution is 2.21. The Kier molecular flexibility index (Phi) is 3.67. The van der Waals surface area contributed by atoms with Gasteiger partial charge in [-0.3, -0.25) is 4.79 Å². The number of hydrogen-bond acceptors (Lipinski definition) is 2. The Morgan fingerprint density at radius 1 is 1.39 bits per heavy atom. The lowest BCUT2D eigenvalue weighted by Crippen LogP contribution is -2.29. The van der Waals surface area contributed by atoms with E-state index in [1.54, 1.807) is 11.9 Å². The summed E-state index contributed by atoms with van der Waals surface area (Å²) in [6.07, 6.45) is 1.85. The summed E-state index contributed by atoms with van der Waals surface area (Å²) in [7, 11) is 1.79. The van der Waals surface area contributed by atoms with Crippen LogP contribution in [0.5, 0.6) is 0 Å². The third-order valence-electron chi connectivity index (χ3n) is 3.25. The highest BCUT2D eigenvalue weighted by atomic mass is 16.3. The molecule has 0 saturated carbocycles. The molecular weight excluding hydrogens is 228 g/mol. The van der Waals surface area contributed by atoms with E-state index in [1.807, 2.05) is 42.0 Å². The molecule has 4 heteroatoms. The molecule has 2 rings (SSSR count). The van der Waals surface area contributed by atoms with E-state index in [2.05, 4.69) is 0 Å².